The van der Waals surface area contributed by atoms with Crippen LogP contribution in [0.4, 0.5) is 4.39 Å². The molecule has 0 fully saturated rings. The van der Waals surface area contributed by atoms with E-state index in [0.29, 0.717) is 21.7 Å². The number of aryl methyl sites for hydroxylation is 1. The van der Waals surface area contributed by atoms with Gasteiger partial charge in [0.15, 0.2) is 5.78 Å². The van der Waals surface area contributed by atoms with Crippen LogP contribution in [0.2, 0.25) is 5.02 Å². The highest BCUT2D eigenvalue weighted by atomic mass is 35.5. The van der Waals surface area contributed by atoms with E-state index in [0.717, 1.165) is 5.56 Å². The van der Waals surface area contributed by atoms with Gasteiger partial charge in [-0.15, -0.1) is 0 Å². The first-order valence-corrected chi connectivity index (χ1v) is 9.07. The van der Waals surface area contributed by atoms with Gasteiger partial charge in [-0.25, -0.2) is 4.39 Å². The van der Waals surface area contributed by atoms with Crippen LogP contribution in [0.5, 0.6) is 0 Å². The number of hydrogen-bond acceptors (Lipinski definition) is 3. The monoisotopic (exact) mass is 388 g/mol. The van der Waals surface area contributed by atoms with Crippen LogP contribution in [0.25, 0.3) is 16.7 Å². The van der Waals surface area contributed by atoms with Gasteiger partial charge >= 0.3 is 0 Å². The fraction of sp³-hybridized carbons (Fsp3) is 0.318. The van der Waals surface area contributed by atoms with Gasteiger partial charge in [0.25, 0.3) is 0 Å². The predicted octanol–water partition coefficient (Wildman–Crippen LogP) is 5.88. The number of aliphatic hydroxyl groups excluding tert-OH is 1. The van der Waals surface area contributed by atoms with Crippen molar-refractivity contribution in [2.45, 2.75) is 45.8 Å². The molecule has 2 aromatic rings. The molecule has 0 aliphatic carbocycles. The lowest BCUT2D eigenvalue weighted by atomic mass is 9.81. The molecule has 0 saturated carbocycles. The van der Waals surface area contributed by atoms with E-state index in [4.69, 9.17) is 16.3 Å². The van der Waals surface area contributed by atoms with E-state index in [1.165, 1.54) is 6.07 Å². The number of carbonyl (C=O) groups is 1. The van der Waals surface area contributed by atoms with E-state index >= 15 is 0 Å². The molecule has 0 aromatic heterocycles. The third kappa shape index (κ3) is 3.40. The van der Waals surface area contributed by atoms with E-state index in [-0.39, 0.29) is 17.1 Å². The van der Waals surface area contributed by atoms with Gasteiger partial charge in [-0.05, 0) is 75.6 Å². The molecule has 27 heavy (non-hydrogen) atoms. The SMILES string of the molecule is Cc1ccc(-c2ccc(Cl)cc2F)cc1C1=C(O)C(C)(C)OC(C)(C)C1=O. The Bertz CT molecular complexity index is 974. The summed E-state index contributed by atoms with van der Waals surface area (Å²) in [4.78, 5) is 13.0. The van der Waals surface area contributed by atoms with Crippen molar-refractivity contribution in [2.24, 2.45) is 0 Å². The lowest BCUT2D eigenvalue weighted by Gasteiger charge is -2.40. The highest BCUT2D eigenvalue weighted by Gasteiger charge is 2.47. The minimum Gasteiger partial charge on any atom is -0.508 e. The molecule has 3 rings (SSSR count). The molecule has 0 saturated heterocycles. The van der Waals surface area contributed by atoms with Crippen molar-refractivity contribution in [2.75, 3.05) is 0 Å². The van der Waals surface area contributed by atoms with Crippen LogP contribution in [-0.2, 0) is 9.53 Å². The highest BCUT2D eigenvalue weighted by Crippen LogP contribution is 2.41. The largest absolute Gasteiger partial charge is 0.508 e. The fourth-order valence-corrected chi connectivity index (χ4v) is 3.63. The Kier molecular flexibility index (Phi) is 4.69. The molecular formula is C22H22ClFO3. The van der Waals surface area contributed by atoms with E-state index in [9.17, 15) is 14.3 Å². The second-order valence-corrected chi connectivity index (χ2v) is 8.27. The minimum absolute atomic E-state index is 0.122. The van der Waals surface area contributed by atoms with Crippen LogP contribution in [0.1, 0.15) is 38.8 Å². The van der Waals surface area contributed by atoms with Gasteiger partial charge in [0.1, 0.15) is 22.8 Å². The molecule has 0 amide bonds. The zero-order valence-electron chi connectivity index (χ0n) is 16.0. The first-order valence-electron chi connectivity index (χ1n) is 8.69. The van der Waals surface area contributed by atoms with Crippen molar-refractivity contribution in [3.63, 3.8) is 0 Å². The van der Waals surface area contributed by atoms with E-state index < -0.39 is 17.0 Å². The van der Waals surface area contributed by atoms with Crippen LogP contribution in [0.15, 0.2) is 42.2 Å². The van der Waals surface area contributed by atoms with Crippen molar-refractivity contribution < 1.29 is 19.0 Å². The summed E-state index contributed by atoms with van der Waals surface area (Å²) in [7, 11) is 0. The summed E-state index contributed by atoms with van der Waals surface area (Å²) < 4.78 is 20.2. The second-order valence-electron chi connectivity index (χ2n) is 7.83. The number of halogens is 2. The topological polar surface area (TPSA) is 46.5 Å². The molecular weight excluding hydrogens is 367 g/mol. The molecule has 0 radical (unpaired) electrons. The lowest BCUT2D eigenvalue weighted by molar-refractivity contribution is -0.158. The molecule has 1 heterocycles. The van der Waals surface area contributed by atoms with Crippen molar-refractivity contribution in [3.05, 3.63) is 64.1 Å². The number of Topliss-reactive ketones (excluding diaryl/α,β-unsaturated/α-hetero) is 1. The number of hydrogen-bond donors (Lipinski definition) is 1. The molecule has 2 aromatic carbocycles. The Morgan fingerprint density at radius 2 is 1.67 bits per heavy atom. The van der Waals surface area contributed by atoms with Crippen LogP contribution in [0, 0.1) is 12.7 Å². The number of ether oxygens (including phenoxy) is 1. The maximum absolute atomic E-state index is 14.4. The summed E-state index contributed by atoms with van der Waals surface area (Å²) in [6.45, 7) is 8.65. The molecule has 1 aliphatic rings. The first-order chi connectivity index (χ1) is 12.4. The van der Waals surface area contributed by atoms with Gasteiger partial charge < -0.3 is 9.84 Å². The molecule has 1 N–H and O–H groups in total. The van der Waals surface area contributed by atoms with E-state index in [1.807, 2.05) is 13.0 Å². The third-order valence-electron chi connectivity index (χ3n) is 4.84. The Morgan fingerprint density at radius 1 is 1.00 bits per heavy atom. The molecule has 0 bridgehead atoms. The Balaban J connectivity index is 2.24. The smallest absolute Gasteiger partial charge is 0.198 e. The van der Waals surface area contributed by atoms with Gasteiger partial charge in [-0.3, -0.25) is 4.79 Å². The molecule has 0 atom stereocenters. The number of benzene rings is 2. The number of carbonyl (C=O) groups excluding carboxylic acids is 1. The van der Waals surface area contributed by atoms with Gasteiger partial charge in [0.2, 0.25) is 0 Å². The third-order valence-corrected chi connectivity index (χ3v) is 5.08. The van der Waals surface area contributed by atoms with Gasteiger partial charge in [0.05, 0.1) is 5.57 Å². The Morgan fingerprint density at radius 3 is 2.30 bits per heavy atom. The van der Waals surface area contributed by atoms with E-state index in [2.05, 4.69) is 0 Å². The summed E-state index contributed by atoms with van der Waals surface area (Å²) in [5.74, 6) is -0.880. The summed E-state index contributed by atoms with van der Waals surface area (Å²) in [6, 6.07) is 9.77. The fourth-order valence-electron chi connectivity index (χ4n) is 3.47. The van der Waals surface area contributed by atoms with Crippen LogP contribution in [-0.4, -0.2) is 22.1 Å². The maximum Gasteiger partial charge on any atom is 0.198 e. The summed E-state index contributed by atoms with van der Waals surface area (Å²) >= 11 is 5.84. The molecule has 1 aliphatic heterocycles. The molecule has 0 unspecified atom stereocenters. The average molecular weight is 389 g/mol. The molecule has 5 heteroatoms. The Hall–Kier alpha value is -2.17. The molecule has 3 nitrogen and oxygen atoms in total. The standard InChI is InChI=1S/C22H22ClFO3/c1-12-6-7-13(15-9-8-14(23)11-17(15)24)10-16(12)18-19(25)21(2,3)27-22(4,5)20(18)26/h6-11,25H,1-5H3. The van der Waals surface area contributed by atoms with Crippen LogP contribution < -0.4 is 0 Å². The zero-order chi connectivity index (χ0) is 20.1. The van der Waals surface area contributed by atoms with Crippen LogP contribution >= 0.6 is 11.6 Å². The summed E-state index contributed by atoms with van der Waals surface area (Å²) in [6.07, 6.45) is 0. The number of rotatable bonds is 2. The Labute approximate surface area is 163 Å². The summed E-state index contributed by atoms with van der Waals surface area (Å²) in [5.41, 5.74) is 0.453. The average Bonchev–Trinajstić information content (AvgIpc) is 2.55. The van der Waals surface area contributed by atoms with Gasteiger partial charge in [0, 0.05) is 10.6 Å². The van der Waals surface area contributed by atoms with Gasteiger partial charge in [-0.1, -0.05) is 23.7 Å². The normalized spacial score (nSPS) is 18.7. The van der Waals surface area contributed by atoms with E-state index in [1.54, 1.807) is 52.0 Å². The summed E-state index contributed by atoms with van der Waals surface area (Å²) in [5, 5.41) is 11.1. The molecule has 0 spiro atoms. The number of aliphatic hydroxyl groups is 1. The zero-order valence-corrected chi connectivity index (χ0v) is 16.7. The molecule has 142 valence electrons. The first kappa shape index (κ1) is 19.6. The van der Waals surface area contributed by atoms with Gasteiger partial charge in [-0.2, -0.15) is 0 Å². The second kappa shape index (κ2) is 6.47. The van der Waals surface area contributed by atoms with Crippen molar-refractivity contribution in [1.29, 1.82) is 0 Å². The van der Waals surface area contributed by atoms with Crippen molar-refractivity contribution in [1.82, 2.24) is 0 Å². The van der Waals surface area contributed by atoms with Crippen molar-refractivity contribution >= 4 is 23.0 Å². The minimum atomic E-state index is -1.08. The van der Waals surface area contributed by atoms with Crippen molar-refractivity contribution in [3.8, 4) is 11.1 Å². The highest BCUT2D eigenvalue weighted by molar-refractivity contribution is 6.30. The quantitative estimate of drug-likeness (QED) is 0.698. The van der Waals surface area contributed by atoms with Crippen LogP contribution in [0.3, 0.4) is 0 Å². The predicted molar refractivity (Wildman–Crippen MR) is 105 cm³/mol. The maximum atomic E-state index is 14.4. The lowest BCUT2D eigenvalue weighted by Crippen LogP contribution is -2.49. The number of ketones is 1.